The molecule has 2 nitrogen and oxygen atoms in total. The van der Waals surface area contributed by atoms with E-state index >= 15 is 0 Å². The second kappa shape index (κ2) is 4.52. The number of hydrogen-bond acceptors (Lipinski definition) is 2. The maximum atomic E-state index is 9.93. The average Bonchev–Trinajstić information content (AvgIpc) is 2.63. The Morgan fingerprint density at radius 2 is 2.14 bits per heavy atom. The lowest BCUT2D eigenvalue weighted by atomic mass is 10.0. The highest BCUT2D eigenvalue weighted by atomic mass is 127. The Bertz CT molecular complexity index is 348. The number of hydrogen-bond donors (Lipinski definition) is 2. The van der Waals surface area contributed by atoms with Crippen molar-refractivity contribution in [3.8, 4) is 5.75 Å². The summed E-state index contributed by atoms with van der Waals surface area (Å²) in [4.78, 5) is 0. The molecule has 1 heterocycles. The van der Waals surface area contributed by atoms with Crippen LogP contribution in [-0.4, -0.2) is 11.7 Å². The molecule has 0 aromatic heterocycles. The van der Waals surface area contributed by atoms with Gasteiger partial charge in [-0.15, -0.1) is 0 Å². The van der Waals surface area contributed by atoms with Gasteiger partial charge < -0.3 is 10.4 Å². The van der Waals surface area contributed by atoms with E-state index in [1.807, 2.05) is 6.07 Å². The van der Waals surface area contributed by atoms with Gasteiger partial charge in [0.15, 0.2) is 0 Å². The van der Waals surface area contributed by atoms with Crippen molar-refractivity contribution >= 4 is 45.2 Å². The maximum absolute atomic E-state index is 9.93. The Hall–Kier alpha value is 0.440. The second-order valence-corrected chi connectivity index (χ2v) is 5.88. The fourth-order valence-corrected chi connectivity index (χ4v) is 3.69. The molecule has 1 atom stereocenters. The Morgan fingerprint density at radius 1 is 1.36 bits per heavy atom. The minimum Gasteiger partial charge on any atom is -0.506 e. The fourth-order valence-electron chi connectivity index (χ4n) is 1.80. The fraction of sp³-hybridized carbons (Fsp3) is 0.400. The molecule has 0 radical (unpaired) electrons. The molecule has 1 fully saturated rings. The van der Waals surface area contributed by atoms with Crippen molar-refractivity contribution < 1.29 is 5.11 Å². The third-order valence-electron chi connectivity index (χ3n) is 2.49. The Kier molecular flexibility index (Phi) is 3.54. The molecule has 0 spiro atoms. The van der Waals surface area contributed by atoms with E-state index in [1.165, 1.54) is 9.99 Å². The number of halogens is 2. The van der Waals surface area contributed by atoms with Crippen LogP contribution < -0.4 is 5.32 Å². The average molecular weight is 415 g/mol. The van der Waals surface area contributed by atoms with Crippen LogP contribution in [0.15, 0.2) is 12.1 Å². The summed E-state index contributed by atoms with van der Waals surface area (Å²) in [5.41, 5.74) is 1.05. The van der Waals surface area contributed by atoms with Gasteiger partial charge in [0.2, 0.25) is 0 Å². The molecule has 14 heavy (non-hydrogen) atoms. The van der Waals surface area contributed by atoms with Gasteiger partial charge in [0, 0.05) is 15.2 Å². The van der Waals surface area contributed by atoms with Gasteiger partial charge in [0.05, 0.1) is 3.57 Å². The number of benzene rings is 1. The van der Waals surface area contributed by atoms with Gasteiger partial charge in [0.1, 0.15) is 5.75 Å². The van der Waals surface area contributed by atoms with Crippen molar-refractivity contribution in [1.29, 1.82) is 0 Å². The predicted octanol–water partition coefficient (Wildman–Crippen LogP) is 3.03. The van der Waals surface area contributed by atoms with E-state index < -0.39 is 0 Å². The highest BCUT2D eigenvalue weighted by Crippen LogP contribution is 2.34. The molecule has 1 aromatic rings. The Morgan fingerprint density at radius 3 is 2.79 bits per heavy atom. The van der Waals surface area contributed by atoms with Crippen molar-refractivity contribution in [2.24, 2.45) is 0 Å². The number of rotatable bonds is 1. The van der Waals surface area contributed by atoms with Crippen LogP contribution in [0.2, 0.25) is 0 Å². The summed E-state index contributed by atoms with van der Waals surface area (Å²) in [6, 6.07) is 4.41. The summed E-state index contributed by atoms with van der Waals surface area (Å²) in [7, 11) is 0. The smallest absolute Gasteiger partial charge is 0.133 e. The van der Waals surface area contributed by atoms with E-state index in [0.717, 1.165) is 22.1 Å². The molecule has 1 aromatic carbocycles. The third kappa shape index (κ3) is 2.16. The number of phenols is 1. The third-order valence-corrected chi connectivity index (χ3v) is 3.94. The molecule has 0 amide bonds. The van der Waals surface area contributed by atoms with Crippen molar-refractivity contribution in [2.45, 2.75) is 18.9 Å². The maximum Gasteiger partial charge on any atom is 0.133 e. The van der Waals surface area contributed by atoms with E-state index in [-0.39, 0.29) is 0 Å². The molecule has 0 saturated carbocycles. The lowest BCUT2D eigenvalue weighted by Crippen LogP contribution is -2.13. The lowest BCUT2D eigenvalue weighted by Gasteiger charge is -2.14. The quantitative estimate of drug-likeness (QED) is 0.692. The number of aromatic hydroxyl groups is 1. The van der Waals surface area contributed by atoms with Crippen molar-refractivity contribution in [3.05, 3.63) is 24.8 Å². The van der Waals surface area contributed by atoms with E-state index in [1.54, 1.807) is 0 Å². The Labute approximate surface area is 111 Å². The summed E-state index contributed by atoms with van der Waals surface area (Å²) in [6.07, 6.45) is 2.33. The van der Waals surface area contributed by atoms with E-state index in [0.29, 0.717) is 11.8 Å². The van der Waals surface area contributed by atoms with Crippen LogP contribution in [0.1, 0.15) is 24.4 Å². The van der Waals surface area contributed by atoms with E-state index in [9.17, 15) is 5.11 Å². The van der Waals surface area contributed by atoms with Crippen molar-refractivity contribution in [2.75, 3.05) is 6.54 Å². The normalized spacial score (nSPS) is 21.4. The first-order valence-corrected chi connectivity index (χ1v) is 6.75. The summed E-state index contributed by atoms with van der Waals surface area (Å²) < 4.78 is 2.13. The highest BCUT2D eigenvalue weighted by molar-refractivity contribution is 14.1. The van der Waals surface area contributed by atoms with E-state index in [2.05, 4.69) is 56.6 Å². The Balaban J connectivity index is 2.40. The standard InChI is InChI=1S/C10H11I2NO/c11-6-4-7(9-2-1-3-13-9)10(14)8(12)5-6/h4-5,9,13-14H,1-3H2/t9-/m1/s1. The summed E-state index contributed by atoms with van der Waals surface area (Å²) in [5, 5.41) is 13.3. The molecule has 0 unspecified atom stereocenters. The summed E-state index contributed by atoms with van der Waals surface area (Å²) >= 11 is 4.47. The first kappa shape index (κ1) is 10.9. The van der Waals surface area contributed by atoms with E-state index in [4.69, 9.17) is 0 Å². The molecule has 4 heteroatoms. The summed E-state index contributed by atoms with van der Waals surface area (Å²) in [5.74, 6) is 0.449. The zero-order valence-corrected chi connectivity index (χ0v) is 11.9. The van der Waals surface area contributed by atoms with Gasteiger partial charge in [-0.1, -0.05) is 0 Å². The second-order valence-electron chi connectivity index (χ2n) is 3.47. The van der Waals surface area contributed by atoms with Crippen LogP contribution in [0.3, 0.4) is 0 Å². The topological polar surface area (TPSA) is 32.3 Å². The van der Waals surface area contributed by atoms with Gasteiger partial charge in [0.25, 0.3) is 0 Å². The summed E-state index contributed by atoms with van der Waals surface area (Å²) in [6.45, 7) is 1.06. The van der Waals surface area contributed by atoms with Crippen LogP contribution in [0.4, 0.5) is 0 Å². The molecule has 2 rings (SSSR count). The first-order chi connectivity index (χ1) is 6.68. The zero-order valence-electron chi connectivity index (χ0n) is 7.56. The molecule has 1 saturated heterocycles. The van der Waals surface area contributed by atoms with Crippen LogP contribution in [-0.2, 0) is 0 Å². The predicted molar refractivity (Wildman–Crippen MR) is 73.5 cm³/mol. The van der Waals surface area contributed by atoms with Crippen LogP contribution in [0.25, 0.3) is 0 Å². The molecule has 0 bridgehead atoms. The highest BCUT2D eigenvalue weighted by Gasteiger charge is 2.20. The monoisotopic (exact) mass is 415 g/mol. The van der Waals surface area contributed by atoms with Crippen LogP contribution in [0, 0.1) is 7.14 Å². The number of phenolic OH excluding ortho intramolecular Hbond substituents is 1. The molecule has 2 N–H and O–H groups in total. The van der Waals surface area contributed by atoms with Crippen LogP contribution >= 0.6 is 45.2 Å². The molecule has 76 valence electrons. The number of nitrogens with one attached hydrogen (secondary N) is 1. The minimum absolute atomic E-state index is 0.346. The molecule has 1 aliphatic heterocycles. The van der Waals surface area contributed by atoms with Crippen molar-refractivity contribution in [3.63, 3.8) is 0 Å². The van der Waals surface area contributed by atoms with Gasteiger partial charge in [-0.05, 0) is 76.7 Å². The van der Waals surface area contributed by atoms with Gasteiger partial charge in [-0.3, -0.25) is 0 Å². The van der Waals surface area contributed by atoms with Crippen molar-refractivity contribution in [1.82, 2.24) is 5.32 Å². The molecular formula is C10H11I2NO. The largest absolute Gasteiger partial charge is 0.506 e. The van der Waals surface area contributed by atoms with Gasteiger partial charge in [-0.25, -0.2) is 0 Å². The van der Waals surface area contributed by atoms with Gasteiger partial charge >= 0.3 is 0 Å². The molecule has 1 aliphatic rings. The minimum atomic E-state index is 0.346. The van der Waals surface area contributed by atoms with Crippen LogP contribution in [0.5, 0.6) is 5.75 Å². The lowest BCUT2D eigenvalue weighted by molar-refractivity contribution is 0.453. The molecule has 0 aliphatic carbocycles. The SMILES string of the molecule is Oc1c(I)cc(I)cc1[C@H]1CCCN1. The molecular weight excluding hydrogens is 404 g/mol. The van der Waals surface area contributed by atoms with Gasteiger partial charge in [-0.2, -0.15) is 0 Å². The first-order valence-electron chi connectivity index (χ1n) is 4.60. The zero-order chi connectivity index (χ0) is 10.1.